The van der Waals surface area contributed by atoms with Crippen molar-refractivity contribution >= 4 is 46.7 Å². The molecule has 3 aromatic rings. The summed E-state index contributed by atoms with van der Waals surface area (Å²) in [7, 11) is 0. The van der Waals surface area contributed by atoms with E-state index < -0.39 is 0 Å². The van der Waals surface area contributed by atoms with Crippen LogP contribution in [0.1, 0.15) is 21.9 Å². The lowest BCUT2D eigenvalue weighted by atomic mass is 10.1. The van der Waals surface area contributed by atoms with Crippen LogP contribution >= 0.6 is 34.8 Å². The average molecular weight is 408 g/mol. The van der Waals surface area contributed by atoms with Gasteiger partial charge in [0, 0.05) is 15.6 Å². The first-order valence-corrected chi connectivity index (χ1v) is 8.79. The van der Waals surface area contributed by atoms with Crippen molar-refractivity contribution in [1.29, 1.82) is 0 Å². The second-order valence-corrected chi connectivity index (χ2v) is 6.65. The van der Waals surface area contributed by atoms with E-state index in [-0.39, 0.29) is 12.4 Å². The highest BCUT2D eigenvalue weighted by Crippen LogP contribution is 2.28. The van der Waals surface area contributed by atoms with Gasteiger partial charge >= 0.3 is 0 Å². The highest BCUT2D eigenvalue weighted by atomic mass is 35.5. The van der Waals surface area contributed by atoms with Gasteiger partial charge in [0.1, 0.15) is 23.9 Å². The van der Waals surface area contributed by atoms with Crippen LogP contribution in [0.15, 0.2) is 65.1 Å². The summed E-state index contributed by atoms with van der Waals surface area (Å²) in [5.74, 6) is 1.54. The van der Waals surface area contributed by atoms with E-state index in [1.54, 1.807) is 60.7 Å². The molecule has 1 heterocycles. The highest BCUT2D eigenvalue weighted by molar-refractivity contribution is 6.35. The first-order chi connectivity index (χ1) is 12.5. The molecule has 6 heteroatoms. The van der Waals surface area contributed by atoms with Gasteiger partial charge in [-0.3, -0.25) is 4.79 Å². The fourth-order valence-corrected chi connectivity index (χ4v) is 2.76. The molecule has 0 atom stereocenters. The standard InChI is InChI=1S/C20H13Cl3O3/c21-14-3-1-13(2-4-14)19(24)9-8-16-6-7-17(26-16)12-25-20-10-5-15(22)11-18(20)23/h1-11H,12H2/b9-8+. The Morgan fingerprint density at radius 3 is 2.42 bits per heavy atom. The SMILES string of the molecule is O=C(/C=C/c1ccc(COc2ccc(Cl)cc2Cl)o1)c1ccc(Cl)cc1. The smallest absolute Gasteiger partial charge is 0.185 e. The third-order valence-corrected chi connectivity index (χ3v) is 4.26. The lowest BCUT2D eigenvalue weighted by Gasteiger charge is -2.06. The second kappa shape index (κ2) is 8.45. The Morgan fingerprint density at radius 2 is 1.69 bits per heavy atom. The summed E-state index contributed by atoms with van der Waals surface area (Å²) in [6.07, 6.45) is 3.05. The molecule has 2 aromatic carbocycles. The molecule has 0 fully saturated rings. The van der Waals surface area contributed by atoms with Crippen LogP contribution in [0.4, 0.5) is 0 Å². The summed E-state index contributed by atoms with van der Waals surface area (Å²) in [5, 5.41) is 1.55. The van der Waals surface area contributed by atoms with E-state index in [2.05, 4.69) is 0 Å². The first-order valence-electron chi connectivity index (χ1n) is 7.66. The van der Waals surface area contributed by atoms with Gasteiger partial charge in [0.25, 0.3) is 0 Å². The van der Waals surface area contributed by atoms with Crippen LogP contribution in [0.2, 0.25) is 15.1 Å². The molecule has 1 aromatic heterocycles. The Morgan fingerprint density at radius 1 is 0.962 bits per heavy atom. The number of ether oxygens (including phenoxy) is 1. The Balaban J connectivity index is 1.60. The van der Waals surface area contributed by atoms with Crippen LogP contribution in [-0.4, -0.2) is 5.78 Å². The lowest BCUT2D eigenvalue weighted by Crippen LogP contribution is -1.94. The van der Waals surface area contributed by atoms with Crippen molar-refractivity contribution in [3.63, 3.8) is 0 Å². The summed E-state index contributed by atoms with van der Waals surface area (Å²) in [6.45, 7) is 0.209. The molecule has 3 nitrogen and oxygen atoms in total. The summed E-state index contributed by atoms with van der Waals surface area (Å²) < 4.78 is 11.2. The predicted molar refractivity (Wildman–Crippen MR) is 104 cm³/mol. The molecule has 3 rings (SSSR count). The molecule has 0 N–H and O–H groups in total. The number of carbonyl (C=O) groups excluding carboxylic acids is 1. The van der Waals surface area contributed by atoms with Crippen molar-refractivity contribution in [2.24, 2.45) is 0 Å². The number of rotatable bonds is 6. The normalized spacial score (nSPS) is 11.0. The number of benzene rings is 2. The molecule has 0 spiro atoms. The Bertz CT molecular complexity index is 943. The Kier molecular flexibility index (Phi) is 6.04. The molecule has 0 saturated heterocycles. The zero-order chi connectivity index (χ0) is 18.5. The largest absolute Gasteiger partial charge is 0.484 e. The maximum Gasteiger partial charge on any atom is 0.185 e. The number of hydrogen-bond acceptors (Lipinski definition) is 3. The fourth-order valence-electron chi connectivity index (χ4n) is 2.17. The number of ketones is 1. The quantitative estimate of drug-likeness (QED) is 0.336. The molecule has 0 aliphatic rings. The van der Waals surface area contributed by atoms with Crippen molar-refractivity contribution < 1.29 is 13.9 Å². The van der Waals surface area contributed by atoms with Gasteiger partial charge in [-0.2, -0.15) is 0 Å². The third kappa shape index (κ3) is 4.92. The van der Waals surface area contributed by atoms with Crippen molar-refractivity contribution in [2.45, 2.75) is 6.61 Å². The van der Waals surface area contributed by atoms with E-state index >= 15 is 0 Å². The van der Waals surface area contributed by atoms with E-state index in [1.165, 1.54) is 6.08 Å². The third-order valence-electron chi connectivity index (χ3n) is 3.47. The van der Waals surface area contributed by atoms with Gasteiger partial charge in [-0.1, -0.05) is 34.8 Å². The van der Waals surface area contributed by atoms with Crippen molar-refractivity contribution in [3.05, 3.63) is 92.8 Å². The van der Waals surface area contributed by atoms with Gasteiger partial charge in [-0.25, -0.2) is 0 Å². The van der Waals surface area contributed by atoms with E-state index in [4.69, 9.17) is 44.0 Å². The van der Waals surface area contributed by atoms with E-state index in [1.807, 2.05) is 0 Å². The van der Waals surface area contributed by atoms with Gasteiger partial charge < -0.3 is 9.15 Å². The van der Waals surface area contributed by atoms with Crippen LogP contribution in [0, 0.1) is 0 Å². The van der Waals surface area contributed by atoms with Gasteiger partial charge in [0.05, 0.1) is 5.02 Å². The number of furan rings is 1. The molecular formula is C20H13Cl3O3. The monoisotopic (exact) mass is 406 g/mol. The molecule has 0 saturated carbocycles. The van der Waals surface area contributed by atoms with Gasteiger partial charge in [0.2, 0.25) is 0 Å². The van der Waals surface area contributed by atoms with Gasteiger partial charge in [0.15, 0.2) is 5.78 Å². The molecule has 0 radical (unpaired) electrons. The molecule has 0 amide bonds. The highest BCUT2D eigenvalue weighted by Gasteiger charge is 2.06. The van der Waals surface area contributed by atoms with Crippen LogP contribution < -0.4 is 4.74 Å². The molecule has 0 aliphatic carbocycles. The number of allylic oxidation sites excluding steroid dienone is 1. The summed E-state index contributed by atoms with van der Waals surface area (Å²) in [6, 6.07) is 15.2. The minimum atomic E-state index is -0.135. The number of carbonyl (C=O) groups is 1. The maximum atomic E-state index is 12.1. The molecule has 0 unspecified atom stereocenters. The molecule has 0 aliphatic heterocycles. The van der Waals surface area contributed by atoms with Crippen molar-refractivity contribution in [1.82, 2.24) is 0 Å². The molecule has 26 heavy (non-hydrogen) atoms. The van der Waals surface area contributed by atoms with Crippen molar-refractivity contribution in [2.75, 3.05) is 0 Å². The Hall–Kier alpha value is -2.20. The van der Waals surface area contributed by atoms with Crippen LogP contribution in [0.5, 0.6) is 5.75 Å². The van der Waals surface area contributed by atoms with Gasteiger partial charge in [-0.15, -0.1) is 0 Å². The van der Waals surface area contributed by atoms with Crippen LogP contribution in [-0.2, 0) is 6.61 Å². The van der Waals surface area contributed by atoms with Crippen LogP contribution in [0.25, 0.3) is 6.08 Å². The number of hydrogen-bond donors (Lipinski definition) is 0. The summed E-state index contributed by atoms with van der Waals surface area (Å²) in [4.78, 5) is 12.1. The van der Waals surface area contributed by atoms with Crippen molar-refractivity contribution in [3.8, 4) is 5.75 Å². The minimum Gasteiger partial charge on any atom is -0.484 e. The zero-order valence-corrected chi connectivity index (χ0v) is 15.7. The fraction of sp³-hybridized carbons (Fsp3) is 0.0500. The van der Waals surface area contributed by atoms with Gasteiger partial charge in [-0.05, 0) is 66.7 Å². The maximum absolute atomic E-state index is 12.1. The molecule has 0 bridgehead atoms. The zero-order valence-electron chi connectivity index (χ0n) is 13.4. The molecule has 132 valence electrons. The Labute approximate surface area is 165 Å². The van der Waals surface area contributed by atoms with E-state index in [0.29, 0.717) is 37.9 Å². The average Bonchev–Trinajstić information content (AvgIpc) is 3.07. The summed E-state index contributed by atoms with van der Waals surface area (Å²) >= 11 is 17.7. The predicted octanol–water partition coefficient (Wildman–Crippen LogP) is 6.71. The number of halogens is 3. The first kappa shape index (κ1) is 18.6. The lowest BCUT2D eigenvalue weighted by molar-refractivity contribution is 0.104. The van der Waals surface area contributed by atoms with E-state index in [9.17, 15) is 4.79 Å². The topological polar surface area (TPSA) is 39.4 Å². The summed E-state index contributed by atoms with van der Waals surface area (Å²) in [5.41, 5.74) is 0.554. The minimum absolute atomic E-state index is 0.135. The van der Waals surface area contributed by atoms with E-state index in [0.717, 1.165) is 0 Å². The second-order valence-electron chi connectivity index (χ2n) is 5.37. The van der Waals surface area contributed by atoms with Crippen LogP contribution in [0.3, 0.4) is 0 Å². The molecular weight excluding hydrogens is 395 g/mol.